The number of carbonyl (C=O) groups is 4. The molecule has 0 aliphatic rings. The van der Waals surface area contributed by atoms with Gasteiger partial charge in [0.15, 0.2) is 11.6 Å². The van der Waals surface area contributed by atoms with Crippen LogP contribution in [0.15, 0.2) is 107 Å². The van der Waals surface area contributed by atoms with Gasteiger partial charge in [-0.3, -0.25) is 24.0 Å². The Bertz CT molecular complexity index is 3290. The van der Waals surface area contributed by atoms with E-state index < -0.39 is 5.97 Å². The SMILES string of the molecule is CCO.CN.CNC(=O)c1cccc(C(C)n2c(C)c(C(=O)CCc3c(OC)cc(C)[nH]c3=O)c3cccnc32)c1.COC(=O)c1cccc(C(C)n2c(C)c(C(=O)CCc3c(OC)cc(C)[nH]c3=O)c3cccnc32)c1. The van der Waals surface area contributed by atoms with Crippen molar-refractivity contribution in [3.8, 4) is 11.5 Å². The summed E-state index contributed by atoms with van der Waals surface area (Å²) in [7, 11) is 7.48. The van der Waals surface area contributed by atoms with Crippen molar-refractivity contribution in [2.45, 2.75) is 86.2 Å². The largest absolute Gasteiger partial charge is 0.496 e. The molecule has 2 aromatic carbocycles. The minimum Gasteiger partial charge on any atom is -0.496 e. The molecular formula is C59H70N8O10. The fraction of sp³-hybridized carbons (Fsp3) is 0.322. The van der Waals surface area contributed by atoms with Gasteiger partial charge in [-0.15, -0.1) is 0 Å². The summed E-state index contributed by atoms with van der Waals surface area (Å²) in [5.41, 5.74) is 13.3. The van der Waals surface area contributed by atoms with E-state index in [1.54, 1.807) is 76.6 Å². The van der Waals surface area contributed by atoms with Gasteiger partial charge in [0, 0.05) is 89.1 Å². The molecule has 77 heavy (non-hydrogen) atoms. The number of nitrogens with zero attached hydrogens (tertiary/aromatic N) is 4. The zero-order valence-electron chi connectivity index (χ0n) is 45.9. The van der Waals surface area contributed by atoms with Crippen LogP contribution < -0.4 is 31.6 Å². The zero-order valence-corrected chi connectivity index (χ0v) is 45.9. The number of aliphatic hydroxyl groups excluding tert-OH is 1. The number of hydrogen-bond donors (Lipinski definition) is 5. The van der Waals surface area contributed by atoms with Crippen LogP contribution in [0.2, 0.25) is 0 Å². The number of pyridine rings is 4. The van der Waals surface area contributed by atoms with Gasteiger partial charge in [-0.2, -0.15) is 0 Å². The smallest absolute Gasteiger partial charge is 0.337 e. The number of nitrogens with two attached hydrogens (primary N) is 1. The predicted octanol–water partition coefficient (Wildman–Crippen LogP) is 8.27. The minimum absolute atomic E-state index is 0.0717. The Morgan fingerprint density at radius 2 is 1.05 bits per heavy atom. The quantitative estimate of drug-likeness (QED) is 0.0452. The van der Waals surface area contributed by atoms with Crippen LogP contribution in [0.1, 0.15) is 132 Å². The maximum absolute atomic E-state index is 13.5. The lowest BCUT2D eigenvalue weighted by atomic mass is 10.0. The van der Waals surface area contributed by atoms with Crippen molar-refractivity contribution in [1.29, 1.82) is 0 Å². The molecule has 6 heterocycles. The zero-order chi connectivity index (χ0) is 56.7. The van der Waals surface area contributed by atoms with Crippen LogP contribution >= 0.6 is 0 Å². The molecule has 6 aromatic heterocycles. The summed E-state index contributed by atoms with van der Waals surface area (Å²) >= 11 is 0. The molecular weight excluding hydrogens is 981 g/mol. The lowest BCUT2D eigenvalue weighted by Crippen LogP contribution is -2.18. The molecule has 18 heteroatoms. The van der Waals surface area contributed by atoms with Crippen LogP contribution in [-0.4, -0.2) is 99.7 Å². The minimum atomic E-state index is -0.409. The number of fused-ring (bicyclic) bond motifs is 2. The third-order valence-corrected chi connectivity index (χ3v) is 13.1. The Hall–Kier alpha value is -8.48. The molecule has 2 unspecified atom stereocenters. The number of aliphatic hydroxyl groups is 1. The third-order valence-electron chi connectivity index (χ3n) is 13.1. The maximum Gasteiger partial charge on any atom is 0.337 e. The van der Waals surface area contributed by atoms with Gasteiger partial charge in [-0.1, -0.05) is 24.3 Å². The summed E-state index contributed by atoms with van der Waals surface area (Å²) < 4.78 is 19.7. The van der Waals surface area contributed by atoms with Gasteiger partial charge < -0.3 is 49.5 Å². The molecule has 0 radical (unpaired) electrons. The number of methoxy groups -OCH3 is 3. The molecule has 18 nitrogen and oxygen atoms in total. The van der Waals surface area contributed by atoms with Crippen LogP contribution in [0.5, 0.6) is 11.5 Å². The van der Waals surface area contributed by atoms with Crippen molar-refractivity contribution in [1.82, 2.24) is 34.4 Å². The van der Waals surface area contributed by atoms with Crippen molar-refractivity contribution < 1.29 is 38.5 Å². The number of aryl methyl sites for hydroxylation is 2. The first-order valence-corrected chi connectivity index (χ1v) is 25.1. The van der Waals surface area contributed by atoms with Crippen molar-refractivity contribution in [3.05, 3.63) is 185 Å². The van der Waals surface area contributed by atoms with Crippen LogP contribution in [0.3, 0.4) is 0 Å². The maximum atomic E-state index is 13.5. The van der Waals surface area contributed by atoms with Crippen LogP contribution in [0.4, 0.5) is 0 Å². The van der Waals surface area contributed by atoms with Gasteiger partial charge >= 0.3 is 5.97 Å². The molecule has 8 aromatic rings. The highest BCUT2D eigenvalue weighted by atomic mass is 16.5. The number of Topliss-reactive ketones (excluding diaryl/α,β-unsaturated/α-hetero) is 2. The standard InChI is InChI=1S/C28H30N4O4.C28H29N3O5.C2H6O.CH5N/c1-16-14-24(36-5)21(28(35)31-16)11-12-23(33)25-18(3)32(26-22(25)10-7-13-30-26)17(2)19-8-6-9-20(15-19)27(34)29-4;1-16-14-24(35-4)21(27(33)30-16)11-12-23(32)25-18(3)31(26-22(25)10-7-13-29-26)17(2)19-8-6-9-20(15-19)28(34)36-5;1-2-3;1-2/h6-10,13-15,17H,11-12H2,1-5H3,(H,29,34)(H,31,35);6-10,13-15,17H,11-12H2,1-5H3,(H,30,33);3H,2H2,1H3;2H2,1H3. The highest BCUT2D eigenvalue weighted by Gasteiger charge is 2.27. The van der Waals surface area contributed by atoms with Crippen LogP contribution in [0.25, 0.3) is 22.1 Å². The molecule has 0 fully saturated rings. The molecule has 0 aliphatic carbocycles. The second kappa shape index (κ2) is 27.3. The lowest BCUT2D eigenvalue weighted by Gasteiger charge is -2.18. The Morgan fingerprint density at radius 3 is 1.44 bits per heavy atom. The summed E-state index contributed by atoms with van der Waals surface area (Å²) in [6, 6.07) is 25.2. The molecule has 0 saturated heterocycles. The predicted molar refractivity (Wildman–Crippen MR) is 299 cm³/mol. The van der Waals surface area contributed by atoms with Crippen molar-refractivity contribution >= 4 is 45.5 Å². The Labute approximate surface area is 447 Å². The average Bonchev–Trinajstić information content (AvgIpc) is 3.91. The van der Waals surface area contributed by atoms with Gasteiger partial charge in [0.1, 0.15) is 22.8 Å². The molecule has 0 aliphatic heterocycles. The normalized spacial score (nSPS) is 11.5. The van der Waals surface area contributed by atoms with E-state index in [9.17, 15) is 28.8 Å². The molecule has 0 bridgehead atoms. The van der Waals surface area contributed by atoms with E-state index in [1.165, 1.54) is 28.4 Å². The first-order valence-electron chi connectivity index (χ1n) is 25.1. The Morgan fingerprint density at radius 1 is 0.649 bits per heavy atom. The Kier molecular flexibility index (Phi) is 21.1. The number of benzene rings is 2. The third kappa shape index (κ3) is 13.3. The topological polar surface area (TPSA) is 256 Å². The molecule has 1 amide bonds. The van der Waals surface area contributed by atoms with Crippen molar-refractivity contribution in [2.24, 2.45) is 5.73 Å². The number of nitrogens with one attached hydrogen (secondary N) is 3. The summed E-state index contributed by atoms with van der Waals surface area (Å²) in [6.07, 6.45) is 4.20. The molecule has 406 valence electrons. The van der Waals surface area contributed by atoms with Gasteiger partial charge in [-0.05, 0) is 140 Å². The van der Waals surface area contributed by atoms with E-state index in [0.29, 0.717) is 67.6 Å². The molecule has 8 rings (SSSR count). The van der Waals surface area contributed by atoms with E-state index in [1.807, 2.05) is 85.4 Å². The summed E-state index contributed by atoms with van der Waals surface area (Å²) in [5, 5.41) is 11.7. The van der Waals surface area contributed by atoms with E-state index in [4.69, 9.17) is 19.3 Å². The lowest BCUT2D eigenvalue weighted by molar-refractivity contribution is 0.0600. The highest BCUT2D eigenvalue weighted by Crippen LogP contribution is 2.34. The number of ketones is 2. The highest BCUT2D eigenvalue weighted by molar-refractivity contribution is 6.10. The fourth-order valence-electron chi connectivity index (χ4n) is 9.53. The van der Waals surface area contributed by atoms with Gasteiger partial charge in [0.05, 0.1) is 50.1 Å². The Balaban J connectivity index is 0.000000262. The fourth-order valence-corrected chi connectivity index (χ4v) is 9.53. The summed E-state index contributed by atoms with van der Waals surface area (Å²) in [6.45, 7) is 13.3. The second-order valence-electron chi connectivity index (χ2n) is 17.9. The van der Waals surface area contributed by atoms with Crippen molar-refractivity contribution in [2.75, 3.05) is 42.0 Å². The number of ether oxygens (including phenoxy) is 3. The second-order valence-corrected chi connectivity index (χ2v) is 17.9. The number of amides is 1. The number of carbonyl (C=O) groups excluding carboxylic acids is 4. The van der Waals surface area contributed by atoms with Crippen LogP contribution in [-0.2, 0) is 17.6 Å². The van der Waals surface area contributed by atoms with Crippen molar-refractivity contribution in [3.63, 3.8) is 0 Å². The average molecular weight is 1050 g/mol. The summed E-state index contributed by atoms with van der Waals surface area (Å²) in [5.74, 6) is 0.236. The molecule has 2 atom stereocenters. The summed E-state index contributed by atoms with van der Waals surface area (Å²) in [4.78, 5) is 91.0. The van der Waals surface area contributed by atoms with Gasteiger partial charge in [0.25, 0.3) is 17.0 Å². The molecule has 0 spiro atoms. The number of rotatable bonds is 16. The number of esters is 1. The number of H-pyrrole nitrogens is 2. The van der Waals surface area contributed by atoms with E-state index >= 15 is 0 Å². The molecule has 6 N–H and O–H groups in total. The van der Waals surface area contributed by atoms with E-state index in [2.05, 4.69) is 31.0 Å². The number of aromatic nitrogens is 6. The first-order chi connectivity index (χ1) is 36.9. The van der Waals surface area contributed by atoms with E-state index in [-0.39, 0.29) is 73.0 Å². The number of aromatic amines is 2. The monoisotopic (exact) mass is 1050 g/mol. The van der Waals surface area contributed by atoms with Gasteiger partial charge in [0.2, 0.25) is 0 Å². The van der Waals surface area contributed by atoms with Crippen LogP contribution in [0, 0.1) is 27.7 Å². The van der Waals surface area contributed by atoms with E-state index in [0.717, 1.165) is 33.3 Å². The molecule has 0 saturated carbocycles. The number of hydrogen-bond acceptors (Lipinski definition) is 13. The first kappa shape index (κ1) is 59.4. The van der Waals surface area contributed by atoms with Gasteiger partial charge in [-0.25, -0.2) is 14.8 Å².